The van der Waals surface area contributed by atoms with Crippen LogP contribution < -0.4 is 5.73 Å². The van der Waals surface area contributed by atoms with Crippen molar-refractivity contribution >= 4 is 17.7 Å². The molecule has 6 nitrogen and oxygen atoms in total. The van der Waals surface area contributed by atoms with Gasteiger partial charge >= 0.3 is 5.97 Å². The largest absolute Gasteiger partial charge is 0.504 e. The maximum atomic E-state index is 10.4. The van der Waals surface area contributed by atoms with E-state index in [1.807, 2.05) is 0 Å². The molecule has 1 aromatic rings. The van der Waals surface area contributed by atoms with Crippen molar-refractivity contribution in [3.8, 4) is 11.5 Å². The number of carboxylic acid groups (broad SMARTS) is 1. The summed E-state index contributed by atoms with van der Waals surface area (Å²) in [5.41, 5.74) is 5.68. The molecule has 100 valence electrons. The maximum absolute atomic E-state index is 10.4. The van der Waals surface area contributed by atoms with Crippen molar-refractivity contribution in [1.82, 2.24) is 0 Å². The molecule has 1 aromatic carbocycles. The van der Waals surface area contributed by atoms with Crippen LogP contribution in [0, 0.1) is 0 Å². The van der Waals surface area contributed by atoms with Crippen molar-refractivity contribution < 1.29 is 25.2 Å². The van der Waals surface area contributed by atoms with Crippen LogP contribution in [0.5, 0.6) is 11.5 Å². The lowest BCUT2D eigenvalue weighted by molar-refractivity contribution is -0.136. The Bertz CT molecular complexity index is 438. The van der Waals surface area contributed by atoms with Crippen LogP contribution in [-0.4, -0.2) is 38.7 Å². The first-order valence-electron chi connectivity index (χ1n) is 5.24. The number of hydrogen-bond donors (Lipinski definition) is 5. The quantitative estimate of drug-likeness (QED) is 0.381. The van der Waals surface area contributed by atoms with E-state index in [1.165, 1.54) is 12.1 Å². The fourth-order valence-electron chi connectivity index (χ4n) is 1.30. The van der Waals surface area contributed by atoms with Crippen molar-refractivity contribution in [2.75, 3.05) is 12.3 Å². The third kappa shape index (κ3) is 3.80. The molecule has 1 atom stereocenters. The topological polar surface area (TPSA) is 124 Å². The first-order valence-corrected chi connectivity index (χ1v) is 6.22. The average Bonchev–Trinajstić information content (AvgIpc) is 2.32. The van der Waals surface area contributed by atoms with Crippen LogP contribution in [0.3, 0.4) is 0 Å². The van der Waals surface area contributed by atoms with E-state index in [4.69, 9.17) is 10.8 Å². The predicted molar refractivity (Wildman–Crippen MR) is 66.8 cm³/mol. The number of aliphatic hydroxyl groups excluding tert-OH is 1. The van der Waals surface area contributed by atoms with E-state index in [1.54, 1.807) is 0 Å². The zero-order valence-corrected chi connectivity index (χ0v) is 10.4. The van der Waals surface area contributed by atoms with Crippen LogP contribution in [0.4, 0.5) is 0 Å². The Morgan fingerprint density at radius 2 is 2.06 bits per heavy atom. The number of phenolic OH excluding ortho intramolecular Hbond substituents is 2. The SMILES string of the molecule is NCC(O)c1cc(O)c(O)c(SCCC(=O)O)c1. The van der Waals surface area contributed by atoms with Crippen LogP contribution in [0.25, 0.3) is 0 Å². The first-order chi connectivity index (χ1) is 8.45. The molecule has 6 N–H and O–H groups in total. The number of benzene rings is 1. The second-order valence-corrected chi connectivity index (χ2v) is 4.77. The number of hydrogen-bond acceptors (Lipinski definition) is 6. The Balaban J connectivity index is 2.88. The molecule has 0 spiro atoms. The zero-order valence-electron chi connectivity index (χ0n) is 9.54. The van der Waals surface area contributed by atoms with Gasteiger partial charge in [-0.05, 0) is 17.7 Å². The lowest BCUT2D eigenvalue weighted by Crippen LogP contribution is -2.11. The van der Waals surface area contributed by atoms with Crippen LogP contribution in [0.15, 0.2) is 17.0 Å². The monoisotopic (exact) mass is 273 g/mol. The van der Waals surface area contributed by atoms with Crippen molar-refractivity contribution in [2.45, 2.75) is 17.4 Å². The summed E-state index contributed by atoms with van der Waals surface area (Å²) >= 11 is 1.09. The predicted octanol–water partition coefficient (Wildman–Crippen LogP) is 0.657. The summed E-state index contributed by atoms with van der Waals surface area (Å²) in [5.74, 6) is -1.37. The highest BCUT2D eigenvalue weighted by atomic mass is 32.2. The van der Waals surface area contributed by atoms with Gasteiger partial charge in [0, 0.05) is 12.3 Å². The number of aliphatic carboxylic acids is 1. The van der Waals surface area contributed by atoms with Gasteiger partial charge in [-0.15, -0.1) is 11.8 Å². The molecule has 0 aromatic heterocycles. The van der Waals surface area contributed by atoms with Gasteiger partial charge in [0.25, 0.3) is 0 Å². The number of aromatic hydroxyl groups is 2. The van der Waals surface area contributed by atoms with Crippen molar-refractivity contribution in [1.29, 1.82) is 0 Å². The van der Waals surface area contributed by atoms with Crippen molar-refractivity contribution in [3.63, 3.8) is 0 Å². The molecular formula is C11H15NO5S. The fourth-order valence-corrected chi connectivity index (χ4v) is 2.26. The molecule has 0 aliphatic carbocycles. The fraction of sp³-hybridized carbons (Fsp3) is 0.364. The van der Waals surface area contributed by atoms with Gasteiger partial charge < -0.3 is 26.2 Å². The van der Waals surface area contributed by atoms with E-state index in [0.29, 0.717) is 10.5 Å². The van der Waals surface area contributed by atoms with Gasteiger partial charge in [0.05, 0.1) is 17.4 Å². The average molecular weight is 273 g/mol. The Kier molecular flexibility index (Phi) is 5.26. The third-order valence-electron chi connectivity index (χ3n) is 2.26. The van der Waals surface area contributed by atoms with E-state index in [2.05, 4.69) is 0 Å². The molecule has 0 amide bonds. The van der Waals surface area contributed by atoms with Crippen LogP contribution >= 0.6 is 11.8 Å². The highest BCUT2D eigenvalue weighted by Gasteiger charge is 2.14. The number of aliphatic hydroxyl groups is 1. The van der Waals surface area contributed by atoms with Gasteiger partial charge in [0.1, 0.15) is 0 Å². The minimum Gasteiger partial charge on any atom is -0.504 e. The lowest BCUT2D eigenvalue weighted by atomic mass is 10.1. The van der Waals surface area contributed by atoms with Crippen LogP contribution in [-0.2, 0) is 4.79 Å². The number of thioether (sulfide) groups is 1. The summed E-state index contributed by atoms with van der Waals surface area (Å²) in [4.78, 5) is 10.7. The molecule has 0 aliphatic heterocycles. The van der Waals surface area contributed by atoms with Gasteiger partial charge in [0.15, 0.2) is 11.5 Å². The molecule has 0 radical (unpaired) electrons. The van der Waals surface area contributed by atoms with Gasteiger partial charge in [-0.3, -0.25) is 4.79 Å². The second-order valence-electron chi connectivity index (χ2n) is 3.63. The standard InChI is InChI=1S/C11H15NO5S/c12-5-8(14)6-3-7(13)11(17)9(4-6)18-2-1-10(15)16/h3-4,8,13-14,17H,1-2,5,12H2,(H,15,16). The Morgan fingerprint density at radius 1 is 1.39 bits per heavy atom. The van der Waals surface area contributed by atoms with Gasteiger partial charge in [-0.25, -0.2) is 0 Å². The smallest absolute Gasteiger partial charge is 0.304 e. The van der Waals surface area contributed by atoms with Gasteiger partial charge in [0.2, 0.25) is 0 Å². The second kappa shape index (κ2) is 6.48. The number of rotatable bonds is 6. The molecule has 0 bridgehead atoms. The summed E-state index contributed by atoms with van der Waals surface area (Å²) in [5, 5.41) is 37.2. The van der Waals surface area contributed by atoms with E-state index in [-0.39, 0.29) is 30.2 Å². The van der Waals surface area contributed by atoms with E-state index >= 15 is 0 Å². The molecule has 0 aliphatic rings. The lowest BCUT2D eigenvalue weighted by Gasteiger charge is -2.12. The van der Waals surface area contributed by atoms with Gasteiger partial charge in [-0.1, -0.05) is 0 Å². The Hall–Kier alpha value is -1.44. The Morgan fingerprint density at radius 3 is 2.61 bits per heavy atom. The van der Waals surface area contributed by atoms with Gasteiger partial charge in [-0.2, -0.15) is 0 Å². The molecule has 0 saturated carbocycles. The third-order valence-corrected chi connectivity index (χ3v) is 3.29. The molecule has 1 rings (SSSR count). The molecular weight excluding hydrogens is 258 g/mol. The highest BCUT2D eigenvalue weighted by Crippen LogP contribution is 2.38. The van der Waals surface area contributed by atoms with Crippen LogP contribution in [0.1, 0.15) is 18.1 Å². The summed E-state index contributed by atoms with van der Waals surface area (Å²) in [6.07, 6.45) is -0.996. The minimum absolute atomic E-state index is 0.0105. The van der Waals surface area contributed by atoms with E-state index < -0.39 is 12.1 Å². The van der Waals surface area contributed by atoms with E-state index in [9.17, 15) is 20.1 Å². The van der Waals surface area contributed by atoms with E-state index in [0.717, 1.165) is 11.8 Å². The normalized spacial score (nSPS) is 12.3. The molecule has 1 unspecified atom stereocenters. The number of nitrogens with two attached hydrogens (primary N) is 1. The zero-order chi connectivity index (χ0) is 13.7. The number of phenols is 2. The first kappa shape index (κ1) is 14.6. The molecule has 0 heterocycles. The molecule has 0 fully saturated rings. The summed E-state index contributed by atoms with van der Waals surface area (Å²) in [7, 11) is 0. The summed E-state index contributed by atoms with van der Waals surface area (Å²) in [6.45, 7) is -0.0105. The summed E-state index contributed by atoms with van der Waals surface area (Å²) in [6, 6.07) is 2.72. The summed E-state index contributed by atoms with van der Waals surface area (Å²) < 4.78 is 0. The highest BCUT2D eigenvalue weighted by molar-refractivity contribution is 7.99. The maximum Gasteiger partial charge on any atom is 0.304 e. The molecule has 18 heavy (non-hydrogen) atoms. The molecule has 0 saturated heterocycles. The number of carbonyl (C=O) groups is 1. The Labute approximate surface area is 108 Å². The van der Waals surface area contributed by atoms with Crippen molar-refractivity contribution in [3.05, 3.63) is 17.7 Å². The van der Waals surface area contributed by atoms with Crippen LogP contribution in [0.2, 0.25) is 0 Å². The minimum atomic E-state index is -0.940. The van der Waals surface area contributed by atoms with Crippen molar-refractivity contribution in [2.24, 2.45) is 5.73 Å². The molecule has 7 heteroatoms. The number of carboxylic acids is 1.